The van der Waals surface area contributed by atoms with Gasteiger partial charge in [0.1, 0.15) is 11.6 Å². The minimum atomic E-state index is -0.311. The third kappa shape index (κ3) is 6.32. The summed E-state index contributed by atoms with van der Waals surface area (Å²) >= 11 is 0. The fraction of sp³-hybridized carbons (Fsp3) is 0.629. The Labute approximate surface area is 229 Å². The van der Waals surface area contributed by atoms with Crippen LogP contribution in [0.4, 0.5) is 8.78 Å². The molecule has 38 heavy (non-hydrogen) atoms. The van der Waals surface area contributed by atoms with Gasteiger partial charge in [0.2, 0.25) is 0 Å². The molecule has 2 aromatic rings. The molecule has 1 unspecified atom stereocenters. The fourth-order valence-corrected chi connectivity index (χ4v) is 7.88. The Bertz CT molecular complexity index is 1100. The van der Waals surface area contributed by atoms with E-state index in [9.17, 15) is 0 Å². The van der Waals surface area contributed by atoms with E-state index in [2.05, 4.69) is 13.0 Å². The summed E-state index contributed by atoms with van der Waals surface area (Å²) in [6, 6.07) is 11.7. The topological polar surface area (TPSA) is 23.8 Å². The molecule has 0 N–H and O–H groups in total. The Morgan fingerprint density at radius 1 is 0.789 bits per heavy atom. The zero-order chi connectivity index (χ0) is 26.5. The molecule has 0 aromatic heterocycles. The van der Waals surface area contributed by atoms with Gasteiger partial charge in [-0.25, -0.2) is 8.78 Å². The molecule has 2 aromatic carbocycles. The number of rotatable bonds is 8. The molecule has 0 saturated heterocycles. The first-order valence-electron chi connectivity index (χ1n) is 15.5. The second kappa shape index (κ2) is 12.8. The summed E-state index contributed by atoms with van der Waals surface area (Å²) < 4.78 is 31.1. The molecular formula is C35H45F2N. The first kappa shape index (κ1) is 27.4. The molecule has 3 heteroatoms. The van der Waals surface area contributed by atoms with Crippen molar-refractivity contribution in [2.75, 3.05) is 0 Å². The van der Waals surface area contributed by atoms with Gasteiger partial charge in [0.15, 0.2) is 0 Å². The lowest BCUT2D eigenvalue weighted by atomic mass is 9.73. The zero-order valence-corrected chi connectivity index (χ0v) is 23.3. The maximum Gasteiger partial charge on any atom is 0.133 e. The van der Waals surface area contributed by atoms with Crippen molar-refractivity contribution in [2.45, 2.75) is 121 Å². The number of fused-ring (bicyclic) bond motifs is 1. The molecule has 0 spiro atoms. The Hall–Kier alpha value is -2.21. The van der Waals surface area contributed by atoms with Crippen LogP contribution in [0, 0.1) is 40.7 Å². The van der Waals surface area contributed by atoms with Gasteiger partial charge in [-0.15, -0.1) is 0 Å². The Morgan fingerprint density at radius 3 is 2.08 bits per heavy atom. The van der Waals surface area contributed by atoms with E-state index >= 15 is 8.78 Å². The summed E-state index contributed by atoms with van der Waals surface area (Å²) in [6.45, 7) is 2.29. The van der Waals surface area contributed by atoms with Crippen LogP contribution in [0.1, 0.15) is 136 Å². The van der Waals surface area contributed by atoms with Crippen molar-refractivity contribution in [1.82, 2.24) is 0 Å². The second-order valence-electron chi connectivity index (χ2n) is 12.7. The van der Waals surface area contributed by atoms with Crippen LogP contribution in [0.5, 0.6) is 0 Å². The standard InChI is InChI=1S/C35H45F2N/c1-2-3-4-24-5-7-25(8-6-24)9-10-26-13-20-32-31(21-26)22-33(36)34(35(32)37)30-18-16-29(17-19-30)28-14-11-27(23-38)12-15-28/h11-12,14-15,22,24-26,29-30H,2-10,13,16-21H2,1H3. The Balaban J connectivity index is 1.15. The average molecular weight is 518 g/mol. The molecule has 2 fully saturated rings. The van der Waals surface area contributed by atoms with Crippen LogP contribution in [0.15, 0.2) is 30.3 Å². The van der Waals surface area contributed by atoms with Gasteiger partial charge in [0.05, 0.1) is 11.6 Å². The van der Waals surface area contributed by atoms with Crippen molar-refractivity contribution in [3.05, 3.63) is 69.8 Å². The highest BCUT2D eigenvalue weighted by Gasteiger charge is 2.32. The minimum Gasteiger partial charge on any atom is -0.207 e. The first-order chi connectivity index (χ1) is 18.6. The summed E-state index contributed by atoms with van der Waals surface area (Å²) in [6.07, 6.45) is 18.4. The Kier molecular flexibility index (Phi) is 9.19. The van der Waals surface area contributed by atoms with E-state index in [1.807, 2.05) is 24.3 Å². The molecule has 0 aliphatic heterocycles. The molecule has 3 aliphatic carbocycles. The summed E-state index contributed by atoms with van der Waals surface area (Å²) in [7, 11) is 0. The molecule has 2 saturated carbocycles. The van der Waals surface area contributed by atoms with Crippen LogP contribution in [-0.2, 0) is 12.8 Å². The summed E-state index contributed by atoms with van der Waals surface area (Å²) in [5, 5.41) is 9.04. The van der Waals surface area contributed by atoms with Gasteiger partial charge in [-0.05, 0) is 116 Å². The van der Waals surface area contributed by atoms with E-state index in [1.54, 1.807) is 6.07 Å². The molecule has 5 rings (SSSR count). The predicted molar refractivity (Wildman–Crippen MR) is 151 cm³/mol. The van der Waals surface area contributed by atoms with Crippen LogP contribution in [0.3, 0.4) is 0 Å². The highest BCUT2D eigenvalue weighted by molar-refractivity contribution is 5.39. The van der Waals surface area contributed by atoms with Gasteiger partial charge in [-0.1, -0.05) is 70.4 Å². The number of unbranched alkanes of at least 4 members (excludes halogenated alkanes) is 1. The maximum absolute atomic E-state index is 15.8. The summed E-state index contributed by atoms with van der Waals surface area (Å²) in [5.74, 6) is 2.24. The van der Waals surface area contributed by atoms with E-state index in [1.165, 1.54) is 63.4 Å². The van der Waals surface area contributed by atoms with E-state index in [-0.39, 0.29) is 17.6 Å². The number of hydrogen-bond donors (Lipinski definition) is 0. The van der Waals surface area contributed by atoms with Crippen LogP contribution in [0.25, 0.3) is 0 Å². The van der Waals surface area contributed by atoms with Crippen molar-refractivity contribution >= 4 is 0 Å². The van der Waals surface area contributed by atoms with Crippen LogP contribution >= 0.6 is 0 Å². The SMILES string of the molecule is CCCCC1CCC(CCC2CCc3c(cc(F)c(C4CCC(c5ccc(C#N)cc5)CC4)c3F)C2)CC1. The first-order valence-corrected chi connectivity index (χ1v) is 15.5. The van der Waals surface area contributed by atoms with Gasteiger partial charge in [0, 0.05) is 5.56 Å². The molecular weight excluding hydrogens is 472 g/mol. The summed E-state index contributed by atoms with van der Waals surface area (Å²) in [4.78, 5) is 0. The zero-order valence-electron chi connectivity index (χ0n) is 23.3. The highest BCUT2D eigenvalue weighted by Crippen LogP contribution is 2.44. The molecule has 0 radical (unpaired) electrons. The average Bonchev–Trinajstić information content (AvgIpc) is 2.96. The van der Waals surface area contributed by atoms with E-state index in [0.29, 0.717) is 23.0 Å². The molecule has 1 atom stereocenters. The lowest BCUT2D eigenvalue weighted by molar-refractivity contribution is 0.234. The number of nitriles is 1. The van der Waals surface area contributed by atoms with Gasteiger partial charge in [-0.2, -0.15) is 5.26 Å². The third-order valence-corrected chi connectivity index (χ3v) is 10.3. The third-order valence-electron chi connectivity index (χ3n) is 10.3. The fourth-order valence-electron chi connectivity index (χ4n) is 7.88. The molecule has 0 amide bonds. The molecule has 0 bridgehead atoms. The van der Waals surface area contributed by atoms with Crippen LogP contribution < -0.4 is 0 Å². The molecule has 0 heterocycles. The van der Waals surface area contributed by atoms with Crippen molar-refractivity contribution in [1.29, 1.82) is 5.26 Å². The van der Waals surface area contributed by atoms with Gasteiger partial charge in [-0.3, -0.25) is 0 Å². The van der Waals surface area contributed by atoms with Crippen molar-refractivity contribution in [3.63, 3.8) is 0 Å². The van der Waals surface area contributed by atoms with Gasteiger partial charge in [0.25, 0.3) is 0 Å². The molecule has 3 aliphatic rings. The predicted octanol–water partition coefficient (Wildman–Crippen LogP) is 10.2. The molecule has 1 nitrogen and oxygen atoms in total. The monoisotopic (exact) mass is 517 g/mol. The number of hydrogen-bond acceptors (Lipinski definition) is 1. The van der Waals surface area contributed by atoms with E-state index < -0.39 is 0 Å². The lowest BCUT2D eigenvalue weighted by Crippen LogP contribution is -2.21. The van der Waals surface area contributed by atoms with E-state index in [4.69, 9.17) is 5.26 Å². The minimum absolute atomic E-state index is 0.0277. The van der Waals surface area contributed by atoms with Gasteiger partial charge < -0.3 is 0 Å². The number of halogens is 2. The van der Waals surface area contributed by atoms with Crippen molar-refractivity contribution in [2.24, 2.45) is 17.8 Å². The highest BCUT2D eigenvalue weighted by atomic mass is 19.1. The van der Waals surface area contributed by atoms with Crippen molar-refractivity contribution < 1.29 is 8.78 Å². The lowest BCUT2D eigenvalue weighted by Gasteiger charge is -2.32. The van der Waals surface area contributed by atoms with Gasteiger partial charge >= 0.3 is 0 Å². The van der Waals surface area contributed by atoms with Crippen LogP contribution in [0.2, 0.25) is 0 Å². The number of benzene rings is 2. The smallest absolute Gasteiger partial charge is 0.133 e. The van der Waals surface area contributed by atoms with Crippen molar-refractivity contribution in [3.8, 4) is 6.07 Å². The normalized spacial score (nSPS) is 27.5. The van der Waals surface area contributed by atoms with Crippen LogP contribution in [-0.4, -0.2) is 0 Å². The quantitative estimate of drug-likeness (QED) is 0.342. The Morgan fingerprint density at radius 2 is 1.42 bits per heavy atom. The largest absolute Gasteiger partial charge is 0.207 e. The maximum atomic E-state index is 15.8. The molecule has 204 valence electrons. The number of nitrogens with zero attached hydrogens (tertiary/aromatic N) is 1. The summed E-state index contributed by atoms with van der Waals surface area (Å²) in [5.41, 5.74) is 4.02. The van der Waals surface area contributed by atoms with E-state index in [0.717, 1.165) is 67.9 Å². The second-order valence-corrected chi connectivity index (χ2v) is 12.7.